The SMILES string of the molecule is O=C(NCCCOC1CCCCC1)C1CCCCN1S(=O)(=O)c1ccccc1. The third-order valence-corrected chi connectivity index (χ3v) is 7.55. The fourth-order valence-corrected chi connectivity index (χ4v) is 5.74. The Balaban J connectivity index is 1.49. The van der Waals surface area contributed by atoms with E-state index in [1.165, 1.54) is 23.6 Å². The molecular weight excluding hydrogens is 376 g/mol. The predicted molar refractivity (Wildman–Crippen MR) is 108 cm³/mol. The van der Waals surface area contributed by atoms with Crippen LogP contribution in [-0.2, 0) is 19.6 Å². The van der Waals surface area contributed by atoms with Crippen molar-refractivity contribution >= 4 is 15.9 Å². The predicted octanol–water partition coefficient (Wildman–Crippen LogP) is 3.09. The summed E-state index contributed by atoms with van der Waals surface area (Å²) in [5.41, 5.74) is 0. The van der Waals surface area contributed by atoms with Crippen molar-refractivity contribution in [2.75, 3.05) is 19.7 Å². The zero-order chi connectivity index (χ0) is 19.8. The summed E-state index contributed by atoms with van der Waals surface area (Å²) < 4.78 is 33.2. The Bertz CT molecular complexity index is 717. The molecule has 156 valence electrons. The first-order valence-electron chi connectivity index (χ1n) is 10.6. The molecule has 0 bridgehead atoms. The summed E-state index contributed by atoms with van der Waals surface area (Å²) in [6, 6.07) is 7.74. The van der Waals surface area contributed by atoms with Crippen molar-refractivity contribution < 1.29 is 17.9 Å². The lowest BCUT2D eigenvalue weighted by atomic mass is 9.98. The van der Waals surface area contributed by atoms with Crippen LogP contribution in [0.4, 0.5) is 0 Å². The van der Waals surface area contributed by atoms with Gasteiger partial charge >= 0.3 is 0 Å². The molecular formula is C21H32N2O4S. The second kappa shape index (κ2) is 10.4. The van der Waals surface area contributed by atoms with E-state index >= 15 is 0 Å². The van der Waals surface area contributed by atoms with Gasteiger partial charge in [-0.15, -0.1) is 0 Å². The van der Waals surface area contributed by atoms with Crippen LogP contribution in [0.25, 0.3) is 0 Å². The molecule has 1 saturated carbocycles. The van der Waals surface area contributed by atoms with Gasteiger partial charge in [0, 0.05) is 19.7 Å². The molecule has 2 aliphatic rings. The summed E-state index contributed by atoms with van der Waals surface area (Å²) in [4.78, 5) is 12.9. The molecule has 28 heavy (non-hydrogen) atoms. The van der Waals surface area contributed by atoms with E-state index in [0.717, 1.165) is 32.1 Å². The first kappa shape index (κ1) is 21.3. The van der Waals surface area contributed by atoms with Crippen LogP contribution in [-0.4, -0.2) is 50.5 Å². The second-order valence-electron chi connectivity index (χ2n) is 7.72. The number of nitrogens with one attached hydrogen (secondary N) is 1. The van der Waals surface area contributed by atoms with Crippen molar-refractivity contribution in [3.63, 3.8) is 0 Å². The number of hydrogen-bond acceptors (Lipinski definition) is 4. The van der Waals surface area contributed by atoms with Gasteiger partial charge in [0.1, 0.15) is 6.04 Å². The van der Waals surface area contributed by atoms with Crippen molar-refractivity contribution in [3.05, 3.63) is 30.3 Å². The Morgan fingerprint density at radius 1 is 1.04 bits per heavy atom. The lowest BCUT2D eigenvalue weighted by Gasteiger charge is -2.33. The highest BCUT2D eigenvalue weighted by Gasteiger charge is 2.37. The number of rotatable bonds is 8. The van der Waals surface area contributed by atoms with Gasteiger partial charge in [-0.3, -0.25) is 4.79 Å². The topological polar surface area (TPSA) is 75.7 Å². The first-order valence-corrected chi connectivity index (χ1v) is 12.0. The highest BCUT2D eigenvalue weighted by atomic mass is 32.2. The first-order chi connectivity index (χ1) is 13.6. The second-order valence-corrected chi connectivity index (χ2v) is 9.61. The van der Waals surface area contributed by atoms with Gasteiger partial charge in [0.2, 0.25) is 15.9 Å². The van der Waals surface area contributed by atoms with Crippen LogP contribution in [0.1, 0.15) is 57.8 Å². The molecule has 3 rings (SSSR count). The molecule has 1 aliphatic heterocycles. The Hall–Kier alpha value is -1.44. The Kier molecular flexibility index (Phi) is 7.88. The van der Waals surface area contributed by atoms with E-state index in [9.17, 15) is 13.2 Å². The number of hydrogen-bond donors (Lipinski definition) is 1. The van der Waals surface area contributed by atoms with E-state index in [1.54, 1.807) is 30.3 Å². The minimum atomic E-state index is -3.66. The number of benzene rings is 1. The maximum atomic E-state index is 13.0. The number of ether oxygens (including phenoxy) is 1. The van der Waals surface area contributed by atoms with Crippen LogP contribution in [0, 0.1) is 0 Å². The molecule has 0 spiro atoms. The molecule has 1 amide bonds. The van der Waals surface area contributed by atoms with Crippen LogP contribution >= 0.6 is 0 Å². The molecule has 1 aromatic carbocycles. The van der Waals surface area contributed by atoms with Crippen LogP contribution in [0.3, 0.4) is 0 Å². The third-order valence-electron chi connectivity index (χ3n) is 5.63. The smallest absolute Gasteiger partial charge is 0.243 e. The van der Waals surface area contributed by atoms with E-state index in [4.69, 9.17) is 4.74 Å². The number of sulfonamides is 1. The number of amides is 1. The van der Waals surface area contributed by atoms with Crippen molar-refractivity contribution in [1.82, 2.24) is 9.62 Å². The van der Waals surface area contributed by atoms with Gasteiger partial charge in [0.05, 0.1) is 11.0 Å². The van der Waals surface area contributed by atoms with E-state index in [0.29, 0.717) is 32.2 Å². The standard InChI is InChI=1S/C21H32N2O4S/c24-21(22-15-9-17-27-18-10-3-1-4-11-18)20-14-7-8-16-23(20)28(25,26)19-12-5-2-6-13-19/h2,5-6,12-13,18,20H,1,3-4,7-11,14-17H2,(H,22,24). The molecule has 1 heterocycles. The van der Waals surface area contributed by atoms with Crippen molar-refractivity contribution in [3.8, 4) is 0 Å². The molecule has 2 fully saturated rings. The zero-order valence-corrected chi connectivity index (χ0v) is 17.3. The van der Waals surface area contributed by atoms with Crippen LogP contribution in [0.2, 0.25) is 0 Å². The molecule has 7 heteroatoms. The average molecular weight is 409 g/mol. The quantitative estimate of drug-likeness (QED) is 0.671. The highest BCUT2D eigenvalue weighted by molar-refractivity contribution is 7.89. The normalized spacial score (nSPS) is 22.1. The van der Waals surface area contributed by atoms with Gasteiger partial charge in [0.15, 0.2) is 0 Å². The molecule has 1 N–H and O–H groups in total. The number of piperidine rings is 1. The molecule has 1 saturated heterocycles. The molecule has 6 nitrogen and oxygen atoms in total. The molecule has 1 aliphatic carbocycles. The van der Waals surface area contributed by atoms with Crippen LogP contribution in [0.15, 0.2) is 35.2 Å². The summed E-state index contributed by atoms with van der Waals surface area (Å²) >= 11 is 0. The van der Waals surface area contributed by atoms with E-state index in [1.807, 2.05) is 0 Å². The monoisotopic (exact) mass is 408 g/mol. The Labute approximate surface area is 168 Å². The van der Waals surface area contributed by atoms with Crippen molar-refractivity contribution in [2.45, 2.75) is 74.8 Å². The minimum Gasteiger partial charge on any atom is -0.378 e. The molecule has 0 aromatic heterocycles. The number of carbonyl (C=O) groups is 1. The van der Waals surface area contributed by atoms with Crippen molar-refractivity contribution in [2.24, 2.45) is 0 Å². The molecule has 1 aromatic rings. The molecule has 0 radical (unpaired) electrons. The maximum absolute atomic E-state index is 13.0. The fourth-order valence-electron chi connectivity index (χ4n) is 4.07. The van der Waals surface area contributed by atoms with Gasteiger partial charge < -0.3 is 10.1 Å². The van der Waals surface area contributed by atoms with Gasteiger partial charge in [0.25, 0.3) is 0 Å². The van der Waals surface area contributed by atoms with Gasteiger partial charge in [-0.2, -0.15) is 4.31 Å². The lowest BCUT2D eigenvalue weighted by molar-refractivity contribution is -0.125. The number of nitrogens with zero attached hydrogens (tertiary/aromatic N) is 1. The summed E-state index contributed by atoms with van der Waals surface area (Å²) in [7, 11) is -3.66. The summed E-state index contributed by atoms with van der Waals surface area (Å²) in [6.45, 7) is 1.54. The Morgan fingerprint density at radius 2 is 1.75 bits per heavy atom. The highest BCUT2D eigenvalue weighted by Crippen LogP contribution is 2.25. The summed E-state index contributed by atoms with van der Waals surface area (Å²) in [5.74, 6) is -0.197. The van der Waals surface area contributed by atoms with E-state index in [-0.39, 0.29) is 10.8 Å². The third kappa shape index (κ3) is 5.55. The van der Waals surface area contributed by atoms with Gasteiger partial charge in [-0.25, -0.2) is 8.42 Å². The van der Waals surface area contributed by atoms with E-state index in [2.05, 4.69) is 5.32 Å². The van der Waals surface area contributed by atoms with Crippen LogP contribution in [0.5, 0.6) is 0 Å². The number of carbonyl (C=O) groups excluding carboxylic acids is 1. The zero-order valence-electron chi connectivity index (χ0n) is 16.5. The molecule has 1 atom stereocenters. The van der Waals surface area contributed by atoms with Crippen LogP contribution < -0.4 is 5.32 Å². The lowest BCUT2D eigenvalue weighted by Crippen LogP contribution is -2.52. The summed E-state index contributed by atoms with van der Waals surface area (Å²) in [6.07, 6.45) is 9.41. The average Bonchev–Trinajstić information content (AvgIpc) is 2.75. The van der Waals surface area contributed by atoms with E-state index < -0.39 is 16.1 Å². The largest absolute Gasteiger partial charge is 0.378 e. The maximum Gasteiger partial charge on any atom is 0.243 e. The molecule has 1 unspecified atom stereocenters. The van der Waals surface area contributed by atoms with Gasteiger partial charge in [-0.05, 0) is 44.2 Å². The van der Waals surface area contributed by atoms with Gasteiger partial charge in [-0.1, -0.05) is 43.9 Å². The fraction of sp³-hybridized carbons (Fsp3) is 0.667. The van der Waals surface area contributed by atoms with Crippen molar-refractivity contribution in [1.29, 1.82) is 0 Å². The summed E-state index contributed by atoms with van der Waals surface area (Å²) in [5, 5.41) is 2.92. The Morgan fingerprint density at radius 3 is 2.50 bits per heavy atom. The minimum absolute atomic E-state index is 0.197.